The van der Waals surface area contributed by atoms with Crippen molar-refractivity contribution < 1.29 is 14.3 Å². The molecule has 0 bridgehead atoms. The summed E-state index contributed by atoms with van der Waals surface area (Å²) in [4.78, 5) is 12.2. The number of rotatable bonds is 10. The van der Waals surface area contributed by atoms with Gasteiger partial charge in [-0.3, -0.25) is 4.79 Å². The predicted octanol–water partition coefficient (Wildman–Crippen LogP) is 4.95. The highest BCUT2D eigenvalue weighted by Crippen LogP contribution is 2.19. The second-order valence-electron chi connectivity index (χ2n) is 7.00. The van der Waals surface area contributed by atoms with E-state index in [0.717, 1.165) is 29.3 Å². The number of hydrogen-bond acceptors (Lipinski definition) is 4. The molecule has 0 saturated heterocycles. The van der Waals surface area contributed by atoms with E-state index in [4.69, 9.17) is 9.47 Å². The molecule has 0 aliphatic heterocycles. The van der Waals surface area contributed by atoms with Gasteiger partial charge < -0.3 is 20.1 Å². The second kappa shape index (κ2) is 10.5. The van der Waals surface area contributed by atoms with Crippen molar-refractivity contribution in [3.63, 3.8) is 0 Å². The molecule has 0 aliphatic rings. The molecule has 2 N–H and O–H groups in total. The molecule has 0 heterocycles. The van der Waals surface area contributed by atoms with E-state index in [1.807, 2.05) is 55.5 Å². The summed E-state index contributed by atoms with van der Waals surface area (Å²) in [6.45, 7) is 9.16. The zero-order valence-corrected chi connectivity index (χ0v) is 16.6. The Kier molecular flexibility index (Phi) is 7.99. The van der Waals surface area contributed by atoms with Gasteiger partial charge in [-0.2, -0.15) is 0 Å². The molecule has 0 aliphatic carbocycles. The zero-order valence-electron chi connectivity index (χ0n) is 16.6. The van der Waals surface area contributed by atoms with Crippen LogP contribution >= 0.6 is 0 Å². The number of hydrogen-bond donors (Lipinski definition) is 2. The Hall–Kier alpha value is -2.69. The third-order valence-electron chi connectivity index (χ3n) is 3.92. The maximum Gasteiger partial charge on any atom is 0.243 e. The van der Waals surface area contributed by atoms with Gasteiger partial charge in [-0.05, 0) is 55.7 Å². The third kappa shape index (κ3) is 7.60. The number of carbonyl (C=O) groups excluding carboxylic acids is 1. The average Bonchev–Trinajstić information content (AvgIpc) is 2.66. The van der Waals surface area contributed by atoms with Gasteiger partial charge in [0.25, 0.3) is 0 Å². The summed E-state index contributed by atoms with van der Waals surface area (Å²) in [6, 6.07) is 15.1. The number of nitrogens with one attached hydrogen (secondary N) is 2. The van der Waals surface area contributed by atoms with Crippen molar-refractivity contribution in [1.82, 2.24) is 0 Å². The number of ether oxygens (including phenoxy) is 2. The number of carbonyl (C=O) groups is 1. The Balaban J connectivity index is 1.81. The minimum atomic E-state index is -0.115. The molecule has 1 atom stereocenters. The summed E-state index contributed by atoms with van der Waals surface area (Å²) in [6.07, 6.45) is 1.15. The van der Waals surface area contributed by atoms with Gasteiger partial charge in [0.1, 0.15) is 11.5 Å². The number of anilines is 2. The van der Waals surface area contributed by atoms with E-state index in [2.05, 4.69) is 31.4 Å². The predicted molar refractivity (Wildman–Crippen MR) is 111 cm³/mol. The van der Waals surface area contributed by atoms with Gasteiger partial charge in [0.15, 0.2) is 0 Å². The zero-order chi connectivity index (χ0) is 19.6. The third-order valence-corrected chi connectivity index (χ3v) is 3.92. The van der Waals surface area contributed by atoms with Gasteiger partial charge in [-0.1, -0.05) is 26.8 Å². The maximum atomic E-state index is 12.2. The van der Waals surface area contributed by atoms with Crippen molar-refractivity contribution in [3.05, 3.63) is 48.5 Å². The Morgan fingerprint density at radius 3 is 2.41 bits per heavy atom. The number of amides is 1. The molecule has 27 heavy (non-hydrogen) atoms. The van der Waals surface area contributed by atoms with E-state index >= 15 is 0 Å². The topological polar surface area (TPSA) is 59.6 Å². The highest BCUT2D eigenvalue weighted by atomic mass is 16.5. The molecular weight excluding hydrogens is 340 g/mol. The molecule has 0 spiro atoms. The van der Waals surface area contributed by atoms with Crippen LogP contribution in [0.4, 0.5) is 11.4 Å². The first-order chi connectivity index (χ1) is 13.0. The highest BCUT2D eigenvalue weighted by Gasteiger charge is 2.05. The largest absolute Gasteiger partial charge is 0.493 e. The lowest BCUT2D eigenvalue weighted by atomic mass is 10.2. The average molecular weight is 370 g/mol. The maximum absolute atomic E-state index is 12.2. The van der Waals surface area contributed by atoms with E-state index in [9.17, 15) is 4.79 Å². The van der Waals surface area contributed by atoms with Crippen molar-refractivity contribution in [2.45, 2.75) is 40.2 Å². The van der Waals surface area contributed by atoms with Gasteiger partial charge in [-0.15, -0.1) is 0 Å². The molecule has 5 heteroatoms. The van der Waals surface area contributed by atoms with Crippen LogP contribution in [0, 0.1) is 5.92 Å². The molecule has 2 rings (SSSR count). The molecule has 0 saturated carbocycles. The lowest BCUT2D eigenvalue weighted by Crippen LogP contribution is -2.21. The smallest absolute Gasteiger partial charge is 0.243 e. The Bertz CT molecular complexity index is 714. The van der Waals surface area contributed by atoms with Crippen LogP contribution in [0.5, 0.6) is 11.5 Å². The van der Waals surface area contributed by atoms with Crippen molar-refractivity contribution in [1.29, 1.82) is 0 Å². The first-order valence-corrected chi connectivity index (χ1v) is 9.49. The first-order valence-electron chi connectivity index (χ1n) is 9.49. The fourth-order valence-corrected chi connectivity index (χ4v) is 2.28. The van der Waals surface area contributed by atoms with Gasteiger partial charge in [-0.25, -0.2) is 0 Å². The monoisotopic (exact) mass is 370 g/mol. The Morgan fingerprint density at radius 2 is 1.74 bits per heavy atom. The lowest BCUT2D eigenvalue weighted by molar-refractivity contribution is -0.114. The molecule has 5 nitrogen and oxygen atoms in total. The molecule has 1 unspecified atom stereocenters. The quantitative estimate of drug-likeness (QED) is 0.621. The first kappa shape index (κ1) is 20.6. The van der Waals surface area contributed by atoms with Crippen molar-refractivity contribution in [2.75, 3.05) is 23.8 Å². The standard InChI is InChI=1S/C22H30N2O3/c1-5-17(4)27-20-11-9-18(10-12-20)23-14-22(25)24-19-7-6-8-21(13-19)26-15-16(2)3/h6-13,16-17,23H,5,14-15H2,1-4H3,(H,24,25). The number of benzene rings is 2. The van der Waals surface area contributed by atoms with Crippen LogP contribution in [0.15, 0.2) is 48.5 Å². The summed E-state index contributed by atoms with van der Waals surface area (Å²) >= 11 is 0. The second-order valence-corrected chi connectivity index (χ2v) is 7.00. The van der Waals surface area contributed by atoms with Crippen LogP contribution < -0.4 is 20.1 Å². The summed E-state index contributed by atoms with van der Waals surface area (Å²) in [7, 11) is 0. The summed E-state index contributed by atoms with van der Waals surface area (Å²) in [5.74, 6) is 1.93. The van der Waals surface area contributed by atoms with Crippen molar-refractivity contribution in [3.8, 4) is 11.5 Å². The summed E-state index contributed by atoms with van der Waals surface area (Å²) in [5, 5.41) is 5.99. The molecular formula is C22H30N2O3. The summed E-state index contributed by atoms with van der Waals surface area (Å²) in [5.41, 5.74) is 1.59. The molecule has 146 valence electrons. The Morgan fingerprint density at radius 1 is 1.00 bits per heavy atom. The van der Waals surface area contributed by atoms with Gasteiger partial charge in [0, 0.05) is 17.4 Å². The minimum Gasteiger partial charge on any atom is -0.493 e. The van der Waals surface area contributed by atoms with Crippen LogP contribution in [0.2, 0.25) is 0 Å². The Labute approximate surface area is 162 Å². The molecule has 1 amide bonds. The summed E-state index contributed by atoms with van der Waals surface area (Å²) < 4.78 is 11.4. The van der Waals surface area contributed by atoms with Crippen molar-refractivity contribution in [2.24, 2.45) is 5.92 Å². The normalized spacial score (nSPS) is 11.7. The van der Waals surface area contributed by atoms with E-state index in [1.165, 1.54) is 0 Å². The van der Waals surface area contributed by atoms with Gasteiger partial charge in [0.2, 0.25) is 5.91 Å². The van der Waals surface area contributed by atoms with Gasteiger partial charge in [0.05, 0.1) is 19.3 Å². The SMILES string of the molecule is CCC(C)Oc1ccc(NCC(=O)Nc2cccc(OCC(C)C)c2)cc1. The van der Waals surface area contributed by atoms with Crippen molar-refractivity contribution >= 4 is 17.3 Å². The van der Waals surface area contributed by atoms with Crippen LogP contribution in [-0.4, -0.2) is 25.2 Å². The van der Waals surface area contributed by atoms with Crippen LogP contribution in [-0.2, 0) is 4.79 Å². The fraction of sp³-hybridized carbons (Fsp3) is 0.409. The van der Waals surface area contributed by atoms with E-state index in [-0.39, 0.29) is 18.6 Å². The molecule has 0 radical (unpaired) electrons. The van der Waals surface area contributed by atoms with Gasteiger partial charge >= 0.3 is 0 Å². The van der Waals surface area contributed by atoms with Crippen LogP contribution in [0.25, 0.3) is 0 Å². The highest BCUT2D eigenvalue weighted by molar-refractivity contribution is 5.93. The fourth-order valence-electron chi connectivity index (χ4n) is 2.28. The molecule has 0 fully saturated rings. The van der Waals surface area contributed by atoms with E-state index in [0.29, 0.717) is 12.5 Å². The molecule has 2 aromatic rings. The van der Waals surface area contributed by atoms with Crippen LogP contribution in [0.1, 0.15) is 34.1 Å². The van der Waals surface area contributed by atoms with E-state index < -0.39 is 0 Å². The molecule has 0 aromatic heterocycles. The minimum absolute atomic E-state index is 0.115. The van der Waals surface area contributed by atoms with Crippen LogP contribution in [0.3, 0.4) is 0 Å². The van der Waals surface area contributed by atoms with E-state index in [1.54, 1.807) is 0 Å². The lowest BCUT2D eigenvalue weighted by Gasteiger charge is -2.13. The molecule has 2 aromatic carbocycles.